The van der Waals surface area contributed by atoms with Crippen LogP contribution in [0.2, 0.25) is 0 Å². The number of rotatable bonds is 3. The van der Waals surface area contributed by atoms with Crippen LogP contribution in [0.5, 0.6) is 0 Å². The predicted octanol–water partition coefficient (Wildman–Crippen LogP) is 3.07. The fraction of sp³-hybridized carbons (Fsp3) is 1.00. The second-order valence-electron chi connectivity index (χ2n) is 1.26. The van der Waals surface area contributed by atoms with E-state index in [1.54, 1.807) is 7.11 Å². The number of ether oxygens (including phenoxy) is 2. The summed E-state index contributed by atoms with van der Waals surface area (Å²) in [4.78, 5) is 0. The molecule has 0 radical (unpaired) electrons. The van der Waals surface area contributed by atoms with Crippen molar-refractivity contribution in [1.82, 2.24) is 0 Å². The zero-order valence-electron chi connectivity index (χ0n) is 9.10. The third-order valence-corrected chi connectivity index (χ3v) is 0.733. The molecule has 1 unspecified atom stereocenters. The molecule has 11 heavy (non-hydrogen) atoms. The Labute approximate surface area is 71.9 Å². The minimum Gasteiger partial charge on any atom is -0.356 e. The molecule has 0 amide bonds. The van der Waals surface area contributed by atoms with E-state index in [1.165, 1.54) is 0 Å². The SMILES string of the molecule is CC.CC.CCOC(C)OC. The molecular weight excluding hydrogens is 140 g/mol. The fourth-order valence-corrected chi connectivity index (χ4v) is 0.303. The van der Waals surface area contributed by atoms with Crippen LogP contribution in [0.1, 0.15) is 41.5 Å². The molecule has 1 atom stereocenters. The highest BCUT2D eigenvalue weighted by atomic mass is 16.7. The monoisotopic (exact) mass is 164 g/mol. The van der Waals surface area contributed by atoms with Crippen molar-refractivity contribution < 1.29 is 9.47 Å². The Morgan fingerprint density at radius 3 is 1.55 bits per heavy atom. The summed E-state index contributed by atoms with van der Waals surface area (Å²) < 4.78 is 9.74. The highest BCUT2D eigenvalue weighted by molar-refractivity contribution is 4.22. The lowest BCUT2D eigenvalue weighted by Crippen LogP contribution is -2.08. The molecule has 0 saturated carbocycles. The molecule has 0 aromatic carbocycles. The van der Waals surface area contributed by atoms with Gasteiger partial charge in [-0.1, -0.05) is 27.7 Å². The lowest BCUT2D eigenvalue weighted by atomic mass is 10.7. The van der Waals surface area contributed by atoms with Gasteiger partial charge < -0.3 is 9.47 Å². The molecule has 0 rings (SSSR count). The molecule has 2 heteroatoms. The van der Waals surface area contributed by atoms with Gasteiger partial charge in [0.2, 0.25) is 0 Å². The van der Waals surface area contributed by atoms with Gasteiger partial charge in [0.1, 0.15) is 0 Å². The Morgan fingerprint density at radius 1 is 1.09 bits per heavy atom. The van der Waals surface area contributed by atoms with Crippen molar-refractivity contribution in [2.24, 2.45) is 0 Å². The van der Waals surface area contributed by atoms with Gasteiger partial charge in [0.25, 0.3) is 0 Å². The average Bonchev–Trinajstić information content (AvgIpc) is 2.12. The van der Waals surface area contributed by atoms with Crippen LogP contribution < -0.4 is 0 Å². The average molecular weight is 164 g/mol. The molecule has 0 aliphatic heterocycles. The quantitative estimate of drug-likeness (QED) is 0.597. The van der Waals surface area contributed by atoms with E-state index in [-0.39, 0.29) is 6.29 Å². The summed E-state index contributed by atoms with van der Waals surface area (Å²) >= 11 is 0. The van der Waals surface area contributed by atoms with E-state index in [9.17, 15) is 0 Å². The Kier molecular flexibility index (Phi) is 35.1. The van der Waals surface area contributed by atoms with Crippen molar-refractivity contribution >= 4 is 0 Å². The first kappa shape index (κ1) is 17.1. The first-order chi connectivity index (χ1) is 5.31. The molecule has 72 valence electrons. The summed E-state index contributed by atoms with van der Waals surface area (Å²) in [5.74, 6) is 0. The van der Waals surface area contributed by atoms with Gasteiger partial charge in [-0.3, -0.25) is 0 Å². The highest BCUT2D eigenvalue weighted by Gasteiger charge is 1.91. The Balaban J connectivity index is -0.000000138. The Hall–Kier alpha value is -0.0800. The zero-order valence-corrected chi connectivity index (χ0v) is 9.10. The number of hydrogen-bond donors (Lipinski definition) is 0. The smallest absolute Gasteiger partial charge is 0.154 e. The van der Waals surface area contributed by atoms with Crippen molar-refractivity contribution in [3.05, 3.63) is 0 Å². The second kappa shape index (κ2) is 22.5. The van der Waals surface area contributed by atoms with Gasteiger partial charge >= 0.3 is 0 Å². The largest absolute Gasteiger partial charge is 0.356 e. The molecule has 0 spiro atoms. The van der Waals surface area contributed by atoms with Gasteiger partial charge in [0.05, 0.1) is 0 Å². The molecule has 0 fully saturated rings. The first-order valence-corrected chi connectivity index (χ1v) is 4.45. The molecule has 0 aliphatic rings. The van der Waals surface area contributed by atoms with Crippen LogP contribution in [0.4, 0.5) is 0 Å². The number of methoxy groups -OCH3 is 1. The molecule has 0 saturated heterocycles. The standard InChI is InChI=1S/C5H12O2.2C2H6/c1-4-7-5(2)6-3;2*1-2/h5H,4H2,1-3H3;2*1-2H3. The maximum Gasteiger partial charge on any atom is 0.154 e. The number of hydrogen-bond acceptors (Lipinski definition) is 2. The maximum atomic E-state index is 4.97. The third kappa shape index (κ3) is 25.7. The van der Waals surface area contributed by atoms with Crippen LogP contribution in [0.15, 0.2) is 0 Å². The van der Waals surface area contributed by atoms with E-state index < -0.39 is 0 Å². The van der Waals surface area contributed by atoms with Crippen molar-refractivity contribution in [2.75, 3.05) is 13.7 Å². The maximum absolute atomic E-state index is 4.97. The Morgan fingerprint density at radius 2 is 1.45 bits per heavy atom. The van der Waals surface area contributed by atoms with E-state index in [4.69, 9.17) is 9.47 Å². The highest BCUT2D eigenvalue weighted by Crippen LogP contribution is 1.87. The zero-order chi connectivity index (χ0) is 9.70. The molecular formula is C9H24O2. The Bertz CT molecular complexity index is 38.5. The topological polar surface area (TPSA) is 18.5 Å². The summed E-state index contributed by atoms with van der Waals surface area (Å²) in [6, 6.07) is 0. The summed E-state index contributed by atoms with van der Waals surface area (Å²) in [6.07, 6.45) is -0.0509. The molecule has 0 N–H and O–H groups in total. The molecule has 0 bridgehead atoms. The van der Waals surface area contributed by atoms with Gasteiger partial charge in [-0.25, -0.2) is 0 Å². The third-order valence-electron chi connectivity index (χ3n) is 0.733. The molecule has 0 aliphatic carbocycles. The van der Waals surface area contributed by atoms with Crippen molar-refractivity contribution in [3.63, 3.8) is 0 Å². The first-order valence-electron chi connectivity index (χ1n) is 4.45. The summed E-state index contributed by atoms with van der Waals surface area (Å²) in [7, 11) is 1.63. The van der Waals surface area contributed by atoms with Crippen LogP contribution >= 0.6 is 0 Å². The molecule has 0 aromatic rings. The van der Waals surface area contributed by atoms with E-state index in [0.29, 0.717) is 0 Å². The summed E-state index contributed by atoms with van der Waals surface area (Å²) in [6.45, 7) is 12.5. The van der Waals surface area contributed by atoms with E-state index in [2.05, 4.69) is 0 Å². The van der Waals surface area contributed by atoms with Crippen LogP contribution in [0, 0.1) is 0 Å². The lowest BCUT2D eigenvalue weighted by molar-refractivity contribution is -0.106. The predicted molar refractivity (Wildman–Crippen MR) is 50.8 cm³/mol. The van der Waals surface area contributed by atoms with Gasteiger partial charge in [0, 0.05) is 13.7 Å². The summed E-state index contributed by atoms with van der Waals surface area (Å²) in [5.41, 5.74) is 0. The van der Waals surface area contributed by atoms with Crippen molar-refractivity contribution in [2.45, 2.75) is 47.8 Å². The van der Waals surface area contributed by atoms with Crippen LogP contribution in [-0.2, 0) is 9.47 Å². The normalized spacial score (nSPS) is 10.1. The van der Waals surface area contributed by atoms with Gasteiger partial charge in [-0.15, -0.1) is 0 Å². The van der Waals surface area contributed by atoms with Crippen molar-refractivity contribution in [1.29, 1.82) is 0 Å². The minimum atomic E-state index is -0.0509. The van der Waals surface area contributed by atoms with E-state index in [1.807, 2.05) is 41.5 Å². The van der Waals surface area contributed by atoms with E-state index in [0.717, 1.165) is 6.61 Å². The van der Waals surface area contributed by atoms with Crippen LogP contribution in [0.3, 0.4) is 0 Å². The van der Waals surface area contributed by atoms with Gasteiger partial charge in [-0.05, 0) is 13.8 Å². The molecule has 0 heterocycles. The van der Waals surface area contributed by atoms with Crippen LogP contribution in [-0.4, -0.2) is 20.0 Å². The second-order valence-corrected chi connectivity index (χ2v) is 1.26. The lowest BCUT2D eigenvalue weighted by Gasteiger charge is -2.06. The fourth-order valence-electron chi connectivity index (χ4n) is 0.303. The minimum absolute atomic E-state index is 0.0509. The molecule has 2 nitrogen and oxygen atoms in total. The summed E-state index contributed by atoms with van der Waals surface area (Å²) in [5, 5.41) is 0. The van der Waals surface area contributed by atoms with Crippen molar-refractivity contribution in [3.8, 4) is 0 Å². The van der Waals surface area contributed by atoms with E-state index >= 15 is 0 Å². The van der Waals surface area contributed by atoms with Crippen LogP contribution in [0.25, 0.3) is 0 Å². The van der Waals surface area contributed by atoms with Gasteiger partial charge in [0.15, 0.2) is 6.29 Å². The molecule has 0 aromatic heterocycles. The van der Waals surface area contributed by atoms with Gasteiger partial charge in [-0.2, -0.15) is 0 Å².